The maximum atomic E-state index is 13.2. The number of rotatable bonds is 5. The monoisotopic (exact) mass is 479 g/mol. The van der Waals surface area contributed by atoms with Crippen LogP contribution in [0.25, 0.3) is 11.0 Å². The van der Waals surface area contributed by atoms with E-state index in [2.05, 4.69) is 15.0 Å². The molecular weight excluding hydrogens is 458 g/mol. The molecule has 33 heavy (non-hydrogen) atoms. The fourth-order valence-corrected chi connectivity index (χ4v) is 6.14. The summed E-state index contributed by atoms with van der Waals surface area (Å²) in [4.78, 5) is 27.2. The second-order valence-electron chi connectivity index (χ2n) is 7.54. The van der Waals surface area contributed by atoms with Crippen molar-refractivity contribution >= 4 is 38.7 Å². The number of aromatic nitrogens is 3. The highest BCUT2D eigenvalue weighted by Crippen LogP contribution is 2.27. The highest BCUT2D eigenvalue weighted by molar-refractivity contribution is 7.99. The van der Waals surface area contributed by atoms with Crippen LogP contribution in [0.2, 0.25) is 0 Å². The van der Waals surface area contributed by atoms with E-state index >= 15 is 0 Å². The number of H-pyrrole nitrogens is 1. The van der Waals surface area contributed by atoms with Crippen LogP contribution in [-0.4, -0.2) is 64.7 Å². The smallest absolute Gasteiger partial charge is 0.253 e. The van der Waals surface area contributed by atoms with E-state index in [-0.39, 0.29) is 23.9 Å². The summed E-state index contributed by atoms with van der Waals surface area (Å²) in [6.45, 7) is 1.16. The fraction of sp³-hybridized carbons (Fsp3) is 0.174. The first kappa shape index (κ1) is 21.6. The normalized spacial score (nSPS) is 15.1. The van der Waals surface area contributed by atoms with Crippen LogP contribution in [0.3, 0.4) is 0 Å². The van der Waals surface area contributed by atoms with Crippen molar-refractivity contribution in [2.75, 3.05) is 26.2 Å². The topological polar surface area (TPSA) is 99.3 Å². The molecule has 4 aromatic rings. The number of carbonyl (C=O) groups is 1. The SMILES string of the molecule is O=C(c1ccc(Sc2ccccn2)cc1)N1CCN(S(=O)(=O)c2c[nH]c3ncccc23)CC1. The van der Waals surface area contributed by atoms with E-state index in [9.17, 15) is 13.2 Å². The molecule has 4 heterocycles. The Kier molecular flexibility index (Phi) is 5.88. The molecule has 3 aromatic heterocycles. The molecule has 8 nitrogen and oxygen atoms in total. The summed E-state index contributed by atoms with van der Waals surface area (Å²) >= 11 is 1.53. The minimum absolute atomic E-state index is 0.0993. The quantitative estimate of drug-likeness (QED) is 0.472. The van der Waals surface area contributed by atoms with E-state index in [0.29, 0.717) is 29.7 Å². The molecule has 10 heteroatoms. The Balaban J connectivity index is 1.24. The highest BCUT2D eigenvalue weighted by atomic mass is 32.2. The Bertz CT molecular complexity index is 1380. The number of hydrogen-bond acceptors (Lipinski definition) is 6. The van der Waals surface area contributed by atoms with Gasteiger partial charge in [-0.2, -0.15) is 4.31 Å². The maximum absolute atomic E-state index is 13.2. The van der Waals surface area contributed by atoms with Crippen LogP contribution in [0.15, 0.2) is 88.0 Å². The molecule has 168 valence electrons. The van der Waals surface area contributed by atoms with Crippen molar-refractivity contribution in [3.63, 3.8) is 0 Å². The number of hydrogen-bond donors (Lipinski definition) is 1. The minimum Gasteiger partial charge on any atom is -0.345 e. The number of amides is 1. The lowest BCUT2D eigenvalue weighted by molar-refractivity contribution is 0.0698. The highest BCUT2D eigenvalue weighted by Gasteiger charge is 2.32. The molecule has 0 saturated carbocycles. The average molecular weight is 480 g/mol. The molecule has 0 radical (unpaired) electrons. The molecular formula is C23H21N5O3S2. The first-order valence-electron chi connectivity index (χ1n) is 10.4. The molecule has 1 saturated heterocycles. The summed E-state index contributed by atoms with van der Waals surface area (Å²) in [5, 5.41) is 1.46. The third-order valence-electron chi connectivity index (χ3n) is 5.52. The first-order chi connectivity index (χ1) is 16.0. The molecule has 0 aliphatic carbocycles. The Labute approximate surface area is 195 Å². The van der Waals surface area contributed by atoms with Crippen molar-refractivity contribution < 1.29 is 13.2 Å². The molecule has 1 N–H and O–H groups in total. The van der Waals surface area contributed by atoms with Gasteiger partial charge in [-0.3, -0.25) is 4.79 Å². The van der Waals surface area contributed by atoms with E-state index in [4.69, 9.17) is 0 Å². The van der Waals surface area contributed by atoms with Gasteiger partial charge in [0.05, 0.1) is 0 Å². The van der Waals surface area contributed by atoms with E-state index in [0.717, 1.165) is 9.92 Å². The van der Waals surface area contributed by atoms with E-state index in [1.54, 1.807) is 41.6 Å². The summed E-state index contributed by atoms with van der Waals surface area (Å²) in [6, 6.07) is 16.6. The molecule has 1 amide bonds. The molecule has 5 rings (SSSR count). The maximum Gasteiger partial charge on any atom is 0.253 e. The third-order valence-corrected chi connectivity index (χ3v) is 8.42. The Morgan fingerprint density at radius 2 is 1.67 bits per heavy atom. The molecule has 1 aromatic carbocycles. The molecule has 0 spiro atoms. The number of carbonyl (C=O) groups excluding carboxylic acids is 1. The number of sulfonamides is 1. The standard InChI is InChI=1S/C23H21N5O3S2/c29-23(17-6-8-18(9-7-17)32-21-5-1-2-10-24-21)27-12-14-28(15-13-27)33(30,31)20-16-26-22-19(20)4-3-11-25-22/h1-11,16H,12-15H2,(H,25,26). The summed E-state index contributed by atoms with van der Waals surface area (Å²) in [7, 11) is -3.68. The van der Waals surface area contributed by atoms with E-state index in [1.807, 2.05) is 30.3 Å². The minimum atomic E-state index is -3.68. The zero-order valence-electron chi connectivity index (χ0n) is 17.6. The second-order valence-corrected chi connectivity index (χ2v) is 10.5. The van der Waals surface area contributed by atoms with Gasteiger partial charge in [-0.15, -0.1) is 0 Å². The van der Waals surface area contributed by atoms with Crippen molar-refractivity contribution in [3.8, 4) is 0 Å². The third kappa shape index (κ3) is 4.37. The summed E-state index contributed by atoms with van der Waals surface area (Å²) < 4.78 is 27.8. The van der Waals surface area contributed by atoms with Gasteiger partial charge in [0.1, 0.15) is 15.6 Å². The zero-order valence-corrected chi connectivity index (χ0v) is 19.2. The Hall–Kier alpha value is -3.21. The van der Waals surface area contributed by atoms with Crippen molar-refractivity contribution in [2.45, 2.75) is 14.8 Å². The first-order valence-corrected chi connectivity index (χ1v) is 12.7. The largest absolute Gasteiger partial charge is 0.345 e. The molecule has 1 fully saturated rings. The number of benzene rings is 1. The van der Waals surface area contributed by atoms with Gasteiger partial charge in [-0.05, 0) is 48.5 Å². The molecule has 1 aliphatic rings. The average Bonchev–Trinajstić information content (AvgIpc) is 3.30. The van der Waals surface area contributed by atoms with Gasteiger partial charge in [-0.25, -0.2) is 18.4 Å². The van der Waals surface area contributed by atoms with Crippen LogP contribution in [0.5, 0.6) is 0 Å². The number of nitrogens with zero attached hydrogens (tertiary/aromatic N) is 4. The van der Waals surface area contributed by atoms with Crippen LogP contribution >= 0.6 is 11.8 Å². The number of pyridine rings is 2. The van der Waals surface area contributed by atoms with Crippen molar-refractivity contribution in [1.82, 2.24) is 24.2 Å². The predicted molar refractivity (Wildman–Crippen MR) is 126 cm³/mol. The summed E-state index contributed by atoms with van der Waals surface area (Å²) in [6.07, 6.45) is 4.84. The lowest BCUT2D eigenvalue weighted by Gasteiger charge is -2.34. The van der Waals surface area contributed by atoms with Gasteiger partial charge in [0.25, 0.3) is 5.91 Å². The van der Waals surface area contributed by atoms with Crippen molar-refractivity contribution in [1.29, 1.82) is 0 Å². The fourth-order valence-electron chi connectivity index (χ4n) is 3.79. The van der Waals surface area contributed by atoms with Crippen LogP contribution in [0, 0.1) is 0 Å². The molecule has 0 atom stereocenters. The summed E-state index contributed by atoms with van der Waals surface area (Å²) in [5.74, 6) is -0.0993. The molecule has 0 bridgehead atoms. The van der Waals surface area contributed by atoms with Crippen LogP contribution in [0.1, 0.15) is 10.4 Å². The second kappa shape index (κ2) is 8.97. The van der Waals surface area contributed by atoms with Gasteiger partial charge >= 0.3 is 0 Å². The molecule has 1 aliphatic heterocycles. The van der Waals surface area contributed by atoms with Crippen LogP contribution in [-0.2, 0) is 10.0 Å². The van der Waals surface area contributed by atoms with Crippen molar-refractivity contribution in [2.24, 2.45) is 0 Å². The zero-order chi connectivity index (χ0) is 22.8. The number of nitrogens with one attached hydrogen (secondary N) is 1. The van der Waals surface area contributed by atoms with Crippen LogP contribution < -0.4 is 0 Å². The van der Waals surface area contributed by atoms with Gasteiger partial charge in [-0.1, -0.05) is 17.8 Å². The lowest BCUT2D eigenvalue weighted by Crippen LogP contribution is -2.50. The van der Waals surface area contributed by atoms with Gasteiger partial charge < -0.3 is 9.88 Å². The molecule has 0 unspecified atom stereocenters. The van der Waals surface area contributed by atoms with Gasteiger partial charge in [0.2, 0.25) is 10.0 Å². The number of piperazine rings is 1. The summed E-state index contributed by atoms with van der Waals surface area (Å²) in [5.41, 5.74) is 1.12. The van der Waals surface area contributed by atoms with E-state index < -0.39 is 10.0 Å². The number of aromatic amines is 1. The Morgan fingerprint density at radius 3 is 2.39 bits per heavy atom. The van der Waals surface area contributed by atoms with Gasteiger partial charge in [0, 0.05) is 60.6 Å². The number of fused-ring (bicyclic) bond motifs is 1. The van der Waals surface area contributed by atoms with Crippen LogP contribution in [0.4, 0.5) is 0 Å². The van der Waals surface area contributed by atoms with Gasteiger partial charge in [0.15, 0.2) is 0 Å². The Morgan fingerprint density at radius 1 is 0.909 bits per heavy atom. The van der Waals surface area contributed by atoms with Crippen molar-refractivity contribution in [3.05, 3.63) is 78.8 Å². The van der Waals surface area contributed by atoms with E-state index in [1.165, 1.54) is 22.3 Å². The predicted octanol–water partition coefficient (Wildman–Crippen LogP) is 3.26. The lowest BCUT2D eigenvalue weighted by atomic mass is 10.2.